The van der Waals surface area contributed by atoms with E-state index in [1.807, 2.05) is 0 Å². The fourth-order valence-electron chi connectivity index (χ4n) is 2.60. The number of Topliss-reactive ketones (excluding diaryl/α,β-unsaturated/α-hetero) is 1. The summed E-state index contributed by atoms with van der Waals surface area (Å²) in [6.45, 7) is -1.11. The van der Waals surface area contributed by atoms with Gasteiger partial charge in [-0.05, 0) is 18.2 Å². The summed E-state index contributed by atoms with van der Waals surface area (Å²) in [4.78, 5) is 36.8. The van der Waals surface area contributed by atoms with E-state index in [2.05, 4.69) is 5.10 Å². The number of carbonyl (C=O) groups excluding carboxylic acids is 2. The second-order valence-electron chi connectivity index (χ2n) is 5.63. The molecule has 3 rings (SSSR count). The van der Waals surface area contributed by atoms with Crippen LogP contribution in [0.5, 0.6) is 0 Å². The number of hydrogen-bond acceptors (Lipinski definition) is 6. The van der Waals surface area contributed by atoms with Gasteiger partial charge in [0, 0.05) is 5.39 Å². The molecule has 0 atom stereocenters. The van der Waals surface area contributed by atoms with Crippen molar-refractivity contribution in [3.63, 3.8) is 0 Å². The molecule has 0 amide bonds. The van der Waals surface area contributed by atoms with Gasteiger partial charge in [0.05, 0.1) is 24.1 Å². The molecule has 0 aliphatic heterocycles. The van der Waals surface area contributed by atoms with E-state index < -0.39 is 29.7 Å². The van der Waals surface area contributed by atoms with Gasteiger partial charge in [-0.25, -0.2) is 13.9 Å². The molecule has 0 unspecified atom stereocenters. The van der Waals surface area contributed by atoms with Crippen LogP contribution in [0.1, 0.15) is 20.8 Å². The Balaban J connectivity index is 1.89. The number of esters is 1. The van der Waals surface area contributed by atoms with Crippen molar-refractivity contribution < 1.29 is 23.8 Å². The van der Waals surface area contributed by atoms with E-state index in [0.29, 0.717) is 0 Å². The Labute approximate surface area is 152 Å². The second kappa shape index (κ2) is 7.88. The minimum absolute atomic E-state index is 0.0991. The highest BCUT2D eigenvalue weighted by Gasteiger charge is 2.20. The topological polar surface area (TPSA) is 98.5 Å². The first-order valence-corrected chi connectivity index (χ1v) is 8.08. The monoisotopic (exact) mass is 370 g/mol. The molecule has 27 heavy (non-hydrogen) atoms. The van der Waals surface area contributed by atoms with E-state index >= 15 is 0 Å². The van der Waals surface area contributed by atoms with Crippen LogP contribution in [0.2, 0.25) is 0 Å². The lowest BCUT2D eigenvalue weighted by molar-refractivity contribution is 0.0467. The predicted octanol–water partition coefficient (Wildman–Crippen LogP) is 1.57. The van der Waals surface area contributed by atoms with Gasteiger partial charge in [0.15, 0.2) is 12.3 Å². The summed E-state index contributed by atoms with van der Waals surface area (Å²) in [5, 5.41) is 13.5. The number of rotatable bonds is 6. The Hall–Kier alpha value is -3.39. The van der Waals surface area contributed by atoms with Gasteiger partial charge in [-0.2, -0.15) is 5.10 Å². The smallest absolute Gasteiger partial charge is 0.359 e. The maximum atomic E-state index is 13.6. The van der Waals surface area contributed by atoms with E-state index in [1.165, 1.54) is 30.3 Å². The normalized spacial score (nSPS) is 10.7. The molecule has 0 radical (unpaired) electrons. The average Bonchev–Trinajstić information content (AvgIpc) is 2.68. The van der Waals surface area contributed by atoms with E-state index in [0.717, 1.165) is 10.7 Å². The van der Waals surface area contributed by atoms with E-state index in [4.69, 9.17) is 9.84 Å². The molecule has 0 saturated heterocycles. The van der Waals surface area contributed by atoms with Crippen molar-refractivity contribution in [3.8, 4) is 0 Å². The molecule has 138 valence electrons. The lowest BCUT2D eigenvalue weighted by Gasteiger charge is -2.10. The first-order valence-electron chi connectivity index (χ1n) is 8.08. The van der Waals surface area contributed by atoms with Crippen molar-refractivity contribution in [2.75, 3.05) is 13.2 Å². The van der Waals surface area contributed by atoms with Crippen LogP contribution < -0.4 is 5.56 Å². The van der Waals surface area contributed by atoms with Gasteiger partial charge in [-0.15, -0.1) is 0 Å². The van der Waals surface area contributed by atoms with Gasteiger partial charge in [0.2, 0.25) is 5.78 Å². The first kappa shape index (κ1) is 18.4. The van der Waals surface area contributed by atoms with Crippen LogP contribution >= 0.6 is 0 Å². The van der Waals surface area contributed by atoms with Gasteiger partial charge in [0.1, 0.15) is 5.82 Å². The lowest BCUT2D eigenvalue weighted by Crippen LogP contribution is -2.28. The van der Waals surface area contributed by atoms with E-state index in [1.54, 1.807) is 12.1 Å². The zero-order chi connectivity index (χ0) is 19.4. The molecular weight excluding hydrogens is 355 g/mol. The van der Waals surface area contributed by atoms with Crippen molar-refractivity contribution in [1.82, 2.24) is 9.78 Å². The van der Waals surface area contributed by atoms with Crippen LogP contribution in [0.25, 0.3) is 10.8 Å². The van der Waals surface area contributed by atoms with Crippen LogP contribution in [0.15, 0.2) is 53.3 Å². The van der Waals surface area contributed by atoms with Crippen LogP contribution in [0.4, 0.5) is 4.39 Å². The Kier molecular flexibility index (Phi) is 5.37. The fourth-order valence-corrected chi connectivity index (χ4v) is 2.60. The lowest BCUT2D eigenvalue weighted by atomic mass is 10.1. The predicted molar refractivity (Wildman–Crippen MR) is 94.1 cm³/mol. The highest BCUT2D eigenvalue weighted by Crippen LogP contribution is 2.15. The number of carbonyl (C=O) groups is 2. The van der Waals surface area contributed by atoms with Crippen molar-refractivity contribution in [1.29, 1.82) is 0 Å². The van der Waals surface area contributed by atoms with Crippen molar-refractivity contribution >= 4 is 22.5 Å². The summed E-state index contributed by atoms with van der Waals surface area (Å²) in [6, 6.07) is 11.7. The Morgan fingerprint density at radius 1 is 1.07 bits per heavy atom. The summed E-state index contributed by atoms with van der Waals surface area (Å²) in [6.07, 6.45) is 0. The van der Waals surface area contributed by atoms with E-state index in [-0.39, 0.29) is 35.2 Å². The second-order valence-corrected chi connectivity index (χ2v) is 5.63. The molecule has 0 aliphatic rings. The fraction of sp³-hybridized carbons (Fsp3) is 0.158. The van der Waals surface area contributed by atoms with Gasteiger partial charge < -0.3 is 9.84 Å². The van der Waals surface area contributed by atoms with Crippen molar-refractivity contribution in [2.24, 2.45) is 0 Å². The molecular formula is C19H15FN2O5. The number of benzene rings is 2. The Morgan fingerprint density at radius 2 is 1.74 bits per heavy atom. The third-order valence-corrected chi connectivity index (χ3v) is 3.88. The minimum atomic E-state index is -0.928. The van der Waals surface area contributed by atoms with Gasteiger partial charge >= 0.3 is 5.97 Å². The number of ether oxygens (including phenoxy) is 1. The number of aliphatic hydroxyl groups excluding tert-OH is 1. The van der Waals surface area contributed by atoms with Gasteiger partial charge in [-0.1, -0.05) is 30.3 Å². The standard InChI is InChI=1S/C19H15FN2O5/c20-15-8-4-3-7-14(15)16(24)11-27-19(26)17-12-5-1-2-6-13(12)18(25)22(21-17)9-10-23/h1-8,23H,9-11H2. The molecule has 1 N–H and O–H groups in total. The molecule has 0 bridgehead atoms. The number of fused-ring (bicyclic) bond motifs is 1. The highest BCUT2D eigenvalue weighted by atomic mass is 19.1. The summed E-state index contributed by atoms with van der Waals surface area (Å²) in [5.41, 5.74) is -0.813. The zero-order valence-electron chi connectivity index (χ0n) is 14.1. The maximum absolute atomic E-state index is 13.6. The maximum Gasteiger partial charge on any atom is 0.359 e. The zero-order valence-corrected chi connectivity index (χ0v) is 14.1. The average molecular weight is 370 g/mol. The van der Waals surface area contributed by atoms with Crippen LogP contribution in [0.3, 0.4) is 0 Å². The molecule has 0 spiro atoms. The molecule has 0 saturated carbocycles. The highest BCUT2D eigenvalue weighted by molar-refractivity contribution is 6.04. The molecule has 7 nitrogen and oxygen atoms in total. The van der Waals surface area contributed by atoms with Crippen LogP contribution in [-0.2, 0) is 11.3 Å². The summed E-state index contributed by atoms with van der Waals surface area (Å²) < 4.78 is 19.6. The third kappa shape index (κ3) is 3.75. The summed E-state index contributed by atoms with van der Waals surface area (Å²) in [7, 11) is 0. The number of ketones is 1. The molecule has 3 aromatic rings. The van der Waals surface area contributed by atoms with Gasteiger partial charge in [-0.3, -0.25) is 9.59 Å². The number of nitrogens with zero attached hydrogens (tertiary/aromatic N) is 2. The molecule has 0 fully saturated rings. The van der Waals surface area contributed by atoms with Crippen molar-refractivity contribution in [2.45, 2.75) is 6.54 Å². The van der Waals surface area contributed by atoms with Gasteiger partial charge in [0.25, 0.3) is 5.56 Å². The van der Waals surface area contributed by atoms with Crippen molar-refractivity contribution in [3.05, 3.63) is 76.0 Å². The summed E-state index contributed by atoms with van der Waals surface area (Å²) in [5.74, 6) is -2.34. The largest absolute Gasteiger partial charge is 0.452 e. The third-order valence-electron chi connectivity index (χ3n) is 3.88. The molecule has 0 aliphatic carbocycles. The quantitative estimate of drug-likeness (QED) is 0.522. The molecule has 1 aromatic heterocycles. The number of aromatic nitrogens is 2. The molecule has 2 aromatic carbocycles. The van der Waals surface area contributed by atoms with Crippen LogP contribution in [-0.4, -0.2) is 39.9 Å². The molecule has 1 heterocycles. The number of hydrogen-bond donors (Lipinski definition) is 1. The summed E-state index contributed by atoms with van der Waals surface area (Å²) >= 11 is 0. The molecule has 8 heteroatoms. The Morgan fingerprint density at radius 3 is 2.44 bits per heavy atom. The first-order chi connectivity index (χ1) is 13.0. The SMILES string of the molecule is O=C(COC(=O)c1nn(CCO)c(=O)c2ccccc12)c1ccccc1F. The number of halogens is 1. The van der Waals surface area contributed by atoms with E-state index in [9.17, 15) is 18.8 Å². The van der Waals surface area contributed by atoms with Crippen LogP contribution in [0, 0.1) is 5.82 Å². The Bertz CT molecular complexity index is 1080. The number of aliphatic hydroxyl groups is 1. The minimum Gasteiger partial charge on any atom is -0.452 e.